The number of hydrogen-bond acceptors (Lipinski definition) is 6. The Hall–Kier alpha value is -2.73. The second-order valence-electron chi connectivity index (χ2n) is 7.48. The smallest absolute Gasteiger partial charge is 0.367 e. The lowest BCUT2D eigenvalue weighted by molar-refractivity contribution is -0.384. The molecule has 0 bridgehead atoms. The number of carbonyl (C=O) groups is 1. The number of amides is 1. The summed E-state index contributed by atoms with van der Waals surface area (Å²) < 4.78 is 64.0. The normalized spacial score (nSPS) is 19.2. The van der Waals surface area contributed by atoms with Crippen LogP contribution in [-0.2, 0) is 0 Å². The zero-order valence-electron chi connectivity index (χ0n) is 17.0. The van der Waals surface area contributed by atoms with Gasteiger partial charge in [0.1, 0.15) is 5.82 Å². The molecule has 8 nitrogen and oxygen atoms in total. The third-order valence-electron chi connectivity index (χ3n) is 5.29. The highest BCUT2D eigenvalue weighted by Crippen LogP contribution is 2.39. The lowest BCUT2D eigenvalue weighted by Gasteiger charge is -2.30. The molecule has 2 rings (SSSR count). The molecule has 2 N–H and O–H groups in total. The van der Waals surface area contributed by atoms with Gasteiger partial charge in [-0.25, -0.2) is 13.8 Å². The van der Waals surface area contributed by atoms with E-state index in [1.54, 1.807) is 0 Å². The Bertz CT molecular complexity index is 798. The summed E-state index contributed by atoms with van der Waals surface area (Å²) in [6.45, 7) is -0.682. The predicted molar refractivity (Wildman–Crippen MR) is 104 cm³/mol. The van der Waals surface area contributed by atoms with Gasteiger partial charge in [0.05, 0.1) is 22.9 Å². The number of aromatic nitrogens is 1. The Labute approximate surface area is 175 Å². The van der Waals surface area contributed by atoms with Crippen molar-refractivity contribution in [2.75, 3.05) is 37.4 Å². The van der Waals surface area contributed by atoms with E-state index in [9.17, 15) is 36.9 Å². The van der Waals surface area contributed by atoms with Crippen molar-refractivity contribution in [3.05, 3.63) is 21.7 Å². The molecule has 174 valence electrons. The van der Waals surface area contributed by atoms with Gasteiger partial charge in [-0.1, -0.05) is 0 Å². The number of hydrogen-bond donors (Lipinski definition) is 2. The lowest BCUT2D eigenvalue weighted by Crippen LogP contribution is -2.35. The summed E-state index contributed by atoms with van der Waals surface area (Å²) in [5.41, 5.74) is -0.773. The Morgan fingerprint density at radius 2 is 1.94 bits per heavy atom. The van der Waals surface area contributed by atoms with Gasteiger partial charge in [-0.2, -0.15) is 13.2 Å². The summed E-state index contributed by atoms with van der Waals surface area (Å²) in [4.78, 5) is 28.2. The van der Waals surface area contributed by atoms with E-state index in [0.29, 0.717) is 0 Å². The first-order chi connectivity index (χ1) is 14.4. The summed E-state index contributed by atoms with van der Waals surface area (Å²) in [6, 6.07) is 0.950. The van der Waals surface area contributed by atoms with Crippen LogP contribution in [0.4, 0.5) is 39.3 Å². The average Bonchev–Trinajstić information content (AvgIpc) is 2.70. The van der Waals surface area contributed by atoms with Crippen LogP contribution in [0.3, 0.4) is 0 Å². The number of nitro groups is 1. The summed E-state index contributed by atoms with van der Waals surface area (Å²) in [7, 11) is 2.64. The molecule has 1 fully saturated rings. The van der Waals surface area contributed by atoms with Crippen molar-refractivity contribution >= 4 is 23.2 Å². The topological polar surface area (TPSA) is 100 Å². The van der Waals surface area contributed by atoms with Crippen molar-refractivity contribution < 1.29 is 31.7 Å². The highest BCUT2D eigenvalue weighted by molar-refractivity contribution is 6.00. The van der Waals surface area contributed by atoms with Crippen LogP contribution >= 0.6 is 0 Å². The van der Waals surface area contributed by atoms with E-state index < -0.39 is 41.6 Å². The Kier molecular flexibility index (Phi) is 7.96. The fourth-order valence-electron chi connectivity index (χ4n) is 3.59. The van der Waals surface area contributed by atoms with Crippen LogP contribution in [0.5, 0.6) is 0 Å². The molecule has 0 aliphatic heterocycles. The first-order valence-corrected chi connectivity index (χ1v) is 9.65. The molecular formula is C18H24F5N5O3. The van der Waals surface area contributed by atoms with Gasteiger partial charge in [-0.05, 0) is 31.6 Å². The standard InChI is InChI=1S/C18H24F5N5O3/c1-24-15-13(28(30)31)7-12(16(26-15)27(2)9-14(19)20)17(29)25-8-10-3-5-11(6-4-10)18(21,22)23/h7,10-11,14H,3-6,8-9H2,1-2H3,(H,24,26)(H,25,29). The number of anilines is 2. The number of pyridine rings is 1. The largest absolute Gasteiger partial charge is 0.391 e. The summed E-state index contributed by atoms with van der Waals surface area (Å²) in [5.74, 6) is -2.66. The van der Waals surface area contributed by atoms with E-state index in [-0.39, 0.29) is 55.3 Å². The van der Waals surface area contributed by atoms with Gasteiger partial charge in [0.25, 0.3) is 12.3 Å². The highest BCUT2D eigenvalue weighted by atomic mass is 19.4. The monoisotopic (exact) mass is 453 g/mol. The van der Waals surface area contributed by atoms with E-state index in [1.807, 2.05) is 0 Å². The molecule has 31 heavy (non-hydrogen) atoms. The van der Waals surface area contributed by atoms with Crippen molar-refractivity contribution in [2.45, 2.75) is 38.3 Å². The van der Waals surface area contributed by atoms with Crippen LogP contribution in [-0.4, -0.2) is 55.6 Å². The third kappa shape index (κ3) is 6.37. The van der Waals surface area contributed by atoms with Crippen LogP contribution in [0.1, 0.15) is 36.0 Å². The molecule has 13 heteroatoms. The molecule has 1 aromatic heterocycles. The van der Waals surface area contributed by atoms with Crippen molar-refractivity contribution in [1.82, 2.24) is 10.3 Å². The summed E-state index contributed by atoms with van der Waals surface area (Å²) in [6.07, 6.45) is -6.48. The van der Waals surface area contributed by atoms with Gasteiger partial charge in [-0.3, -0.25) is 14.9 Å². The molecule has 1 aromatic rings. The van der Waals surface area contributed by atoms with Crippen LogP contribution in [0.15, 0.2) is 6.07 Å². The van der Waals surface area contributed by atoms with Crippen LogP contribution < -0.4 is 15.5 Å². The quantitative estimate of drug-likeness (QED) is 0.353. The van der Waals surface area contributed by atoms with E-state index in [2.05, 4.69) is 15.6 Å². The van der Waals surface area contributed by atoms with Crippen molar-refractivity contribution in [1.29, 1.82) is 0 Å². The number of nitrogens with zero attached hydrogens (tertiary/aromatic N) is 3. The zero-order valence-corrected chi connectivity index (χ0v) is 17.0. The Morgan fingerprint density at radius 1 is 1.32 bits per heavy atom. The van der Waals surface area contributed by atoms with Gasteiger partial charge in [0.15, 0.2) is 0 Å². The summed E-state index contributed by atoms with van der Waals surface area (Å²) >= 11 is 0. The second-order valence-corrected chi connectivity index (χ2v) is 7.48. The van der Waals surface area contributed by atoms with E-state index in [0.717, 1.165) is 11.0 Å². The lowest BCUT2D eigenvalue weighted by atomic mass is 9.81. The fraction of sp³-hybridized carbons (Fsp3) is 0.667. The minimum atomic E-state index is -4.24. The van der Waals surface area contributed by atoms with Gasteiger partial charge in [0.2, 0.25) is 5.82 Å². The maximum Gasteiger partial charge on any atom is 0.391 e. The molecule has 1 heterocycles. The van der Waals surface area contributed by atoms with Crippen molar-refractivity contribution in [3.63, 3.8) is 0 Å². The van der Waals surface area contributed by atoms with E-state index in [1.165, 1.54) is 14.1 Å². The fourth-order valence-corrected chi connectivity index (χ4v) is 3.59. The van der Waals surface area contributed by atoms with Crippen LogP contribution in [0.25, 0.3) is 0 Å². The molecule has 0 atom stereocenters. The second kappa shape index (κ2) is 10.1. The minimum absolute atomic E-state index is 0.0314. The molecule has 1 aliphatic carbocycles. The minimum Gasteiger partial charge on any atom is -0.367 e. The molecular weight excluding hydrogens is 429 g/mol. The van der Waals surface area contributed by atoms with E-state index >= 15 is 0 Å². The Morgan fingerprint density at radius 3 is 2.42 bits per heavy atom. The molecule has 1 amide bonds. The Balaban J connectivity index is 2.18. The molecule has 1 saturated carbocycles. The van der Waals surface area contributed by atoms with Crippen LogP contribution in [0.2, 0.25) is 0 Å². The maximum absolute atomic E-state index is 12.8. The molecule has 0 saturated heterocycles. The van der Waals surface area contributed by atoms with Gasteiger partial charge >= 0.3 is 11.9 Å². The SMILES string of the molecule is CNc1nc(N(C)CC(F)F)c(C(=O)NCC2CCC(C(F)(F)F)CC2)cc1[N+](=O)[O-]. The van der Waals surface area contributed by atoms with Gasteiger partial charge < -0.3 is 15.5 Å². The van der Waals surface area contributed by atoms with Gasteiger partial charge in [-0.15, -0.1) is 0 Å². The number of nitrogens with one attached hydrogen (secondary N) is 2. The number of carbonyl (C=O) groups excluding carboxylic acids is 1. The van der Waals surface area contributed by atoms with Crippen molar-refractivity contribution in [2.24, 2.45) is 11.8 Å². The molecule has 0 radical (unpaired) electrons. The van der Waals surface area contributed by atoms with Crippen molar-refractivity contribution in [3.8, 4) is 0 Å². The van der Waals surface area contributed by atoms with E-state index in [4.69, 9.17) is 0 Å². The first-order valence-electron chi connectivity index (χ1n) is 9.65. The average molecular weight is 453 g/mol. The maximum atomic E-state index is 12.8. The molecule has 1 aliphatic rings. The molecule has 0 aromatic carbocycles. The predicted octanol–water partition coefficient (Wildman–Crippen LogP) is 3.83. The zero-order chi connectivity index (χ0) is 23.3. The number of rotatable bonds is 8. The summed E-state index contributed by atoms with van der Waals surface area (Å²) in [5, 5.41) is 16.4. The van der Waals surface area contributed by atoms with Crippen LogP contribution in [0, 0.1) is 22.0 Å². The van der Waals surface area contributed by atoms with Gasteiger partial charge in [0, 0.05) is 26.7 Å². The number of halogens is 5. The highest BCUT2D eigenvalue weighted by Gasteiger charge is 2.41. The molecule has 0 unspecified atom stereocenters. The third-order valence-corrected chi connectivity index (χ3v) is 5.29. The molecule has 0 spiro atoms. The first kappa shape index (κ1) is 24.5. The number of alkyl halides is 5.